The smallest absolute Gasteiger partial charge is 0.270 e. The summed E-state index contributed by atoms with van der Waals surface area (Å²) in [5.41, 5.74) is 8.29. The van der Waals surface area contributed by atoms with E-state index in [1.165, 1.54) is 38.5 Å². The van der Waals surface area contributed by atoms with Gasteiger partial charge in [-0.15, -0.1) is 0 Å². The number of thiocarbonyl (C=S) groups is 1. The Kier molecular flexibility index (Phi) is 6.35. The molecular formula is C20H19FN4O5S. The first-order chi connectivity index (χ1) is 14.7. The third-order valence-electron chi connectivity index (χ3n) is 4.53. The van der Waals surface area contributed by atoms with Crippen molar-refractivity contribution in [2.45, 2.75) is 12.5 Å². The van der Waals surface area contributed by atoms with Crippen LogP contribution >= 0.6 is 12.2 Å². The van der Waals surface area contributed by atoms with Crippen LogP contribution in [0.1, 0.15) is 16.8 Å². The monoisotopic (exact) mass is 446 g/mol. The molecule has 3 amide bonds. The van der Waals surface area contributed by atoms with Gasteiger partial charge in [0.2, 0.25) is 11.0 Å². The lowest BCUT2D eigenvalue weighted by Gasteiger charge is -2.24. The largest absolute Gasteiger partial charge is 0.497 e. The van der Waals surface area contributed by atoms with E-state index in [0.29, 0.717) is 11.5 Å². The van der Waals surface area contributed by atoms with Gasteiger partial charge in [0.15, 0.2) is 0 Å². The quantitative estimate of drug-likeness (QED) is 0.618. The molecule has 1 unspecified atom stereocenters. The van der Waals surface area contributed by atoms with E-state index < -0.39 is 36.0 Å². The molecule has 1 atom stereocenters. The molecule has 0 radical (unpaired) electrons. The number of rotatable bonds is 7. The highest BCUT2D eigenvalue weighted by Gasteiger charge is 2.45. The highest BCUT2D eigenvalue weighted by molar-refractivity contribution is 7.80. The zero-order valence-electron chi connectivity index (χ0n) is 16.6. The summed E-state index contributed by atoms with van der Waals surface area (Å²) in [4.78, 5) is 38.5. The van der Waals surface area contributed by atoms with E-state index in [4.69, 9.17) is 27.4 Å². The van der Waals surface area contributed by atoms with Gasteiger partial charge in [-0.25, -0.2) is 9.40 Å². The first-order valence-corrected chi connectivity index (χ1v) is 9.41. The molecule has 162 valence electrons. The topological polar surface area (TPSA) is 114 Å². The molecule has 0 aromatic heterocycles. The molecule has 0 saturated carbocycles. The van der Waals surface area contributed by atoms with E-state index in [-0.39, 0.29) is 16.4 Å². The summed E-state index contributed by atoms with van der Waals surface area (Å²) >= 11 is 5.37. The van der Waals surface area contributed by atoms with Gasteiger partial charge in [0, 0.05) is 11.6 Å². The standard InChI is InChI=1S/C20H19FN4O5S/c1-29-14-7-11(8-15(9-14)30-2)18(27)23-25-16(10-17(22)26)19(28)24(20(25)31)13-5-3-12(21)4-6-13/h3-9,16H,10H2,1-2H3,(H2,22,26)(H,23,27). The Morgan fingerprint density at radius 1 is 1.13 bits per heavy atom. The van der Waals surface area contributed by atoms with Crippen molar-refractivity contribution in [1.29, 1.82) is 0 Å². The first kappa shape index (κ1) is 22.0. The van der Waals surface area contributed by atoms with Gasteiger partial charge in [-0.1, -0.05) is 0 Å². The number of hydrogen-bond donors (Lipinski definition) is 2. The normalized spacial score (nSPS) is 15.8. The van der Waals surface area contributed by atoms with Gasteiger partial charge < -0.3 is 15.2 Å². The number of hydrogen-bond acceptors (Lipinski definition) is 6. The van der Waals surface area contributed by atoms with E-state index in [1.54, 1.807) is 6.07 Å². The Bertz CT molecular complexity index is 1020. The van der Waals surface area contributed by atoms with Crippen molar-refractivity contribution in [2.75, 3.05) is 19.1 Å². The van der Waals surface area contributed by atoms with Crippen molar-refractivity contribution in [2.24, 2.45) is 5.73 Å². The number of ether oxygens (including phenoxy) is 2. The van der Waals surface area contributed by atoms with E-state index in [0.717, 1.165) is 22.0 Å². The van der Waals surface area contributed by atoms with Crippen LogP contribution in [0, 0.1) is 5.82 Å². The molecule has 0 spiro atoms. The maximum absolute atomic E-state index is 13.3. The second-order valence-electron chi connectivity index (χ2n) is 6.53. The van der Waals surface area contributed by atoms with Crippen molar-refractivity contribution in [1.82, 2.24) is 10.4 Å². The van der Waals surface area contributed by atoms with Crippen molar-refractivity contribution < 1.29 is 28.2 Å². The van der Waals surface area contributed by atoms with Crippen LogP contribution in [0.5, 0.6) is 11.5 Å². The van der Waals surface area contributed by atoms with E-state index in [9.17, 15) is 18.8 Å². The van der Waals surface area contributed by atoms with Crippen LogP contribution in [-0.4, -0.2) is 48.1 Å². The lowest BCUT2D eigenvalue weighted by atomic mass is 10.1. The number of nitrogens with two attached hydrogens (primary N) is 1. The number of methoxy groups -OCH3 is 2. The van der Waals surface area contributed by atoms with Crippen LogP contribution in [0.15, 0.2) is 42.5 Å². The van der Waals surface area contributed by atoms with Crippen LogP contribution in [-0.2, 0) is 9.59 Å². The van der Waals surface area contributed by atoms with Gasteiger partial charge in [0.25, 0.3) is 11.8 Å². The van der Waals surface area contributed by atoms with Gasteiger partial charge in [-0.3, -0.25) is 24.7 Å². The molecule has 31 heavy (non-hydrogen) atoms. The molecule has 11 heteroatoms. The molecule has 1 aliphatic heterocycles. The van der Waals surface area contributed by atoms with Crippen LogP contribution < -0.4 is 25.5 Å². The molecule has 0 aliphatic carbocycles. The molecular weight excluding hydrogens is 427 g/mol. The second kappa shape index (κ2) is 8.96. The third kappa shape index (κ3) is 4.56. The van der Waals surface area contributed by atoms with Gasteiger partial charge >= 0.3 is 0 Å². The summed E-state index contributed by atoms with van der Waals surface area (Å²) in [6.07, 6.45) is -0.390. The van der Waals surface area contributed by atoms with Crippen LogP contribution in [0.3, 0.4) is 0 Å². The minimum absolute atomic E-state index is 0.0916. The lowest BCUT2D eigenvalue weighted by Crippen LogP contribution is -2.49. The van der Waals surface area contributed by atoms with Crippen molar-refractivity contribution in [3.8, 4) is 11.5 Å². The Labute approximate surface area is 182 Å². The van der Waals surface area contributed by atoms with E-state index in [2.05, 4.69) is 5.43 Å². The number of nitrogens with one attached hydrogen (secondary N) is 1. The highest BCUT2D eigenvalue weighted by atomic mass is 32.1. The highest BCUT2D eigenvalue weighted by Crippen LogP contribution is 2.27. The number of halogens is 1. The maximum Gasteiger partial charge on any atom is 0.270 e. The molecule has 3 N–H and O–H groups in total. The number of primary amides is 1. The molecule has 3 rings (SSSR count). The fourth-order valence-corrected chi connectivity index (χ4v) is 3.40. The SMILES string of the molecule is COc1cc(OC)cc(C(=O)NN2C(=S)N(c3ccc(F)cc3)C(=O)C2CC(N)=O)c1. The number of amides is 3. The minimum Gasteiger partial charge on any atom is -0.497 e. The average Bonchev–Trinajstić information content (AvgIpc) is 2.97. The number of nitrogens with zero attached hydrogens (tertiary/aromatic N) is 2. The molecule has 1 aliphatic rings. The predicted octanol–water partition coefficient (Wildman–Crippen LogP) is 1.37. The van der Waals surface area contributed by atoms with Crippen LogP contribution in [0.25, 0.3) is 0 Å². The molecule has 2 aromatic rings. The summed E-state index contributed by atoms with van der Waals surface area (Å²) in [5, 5.41) is 1.01. The summed E-state index contributed by atoms with van der Waals surface area (Å²) in [5.74, 6) is -1.70. The van der Waals surface area contributed by atoms with Crippen molar-refractivity contribution in [3.05, 3.63) is 53.8 Å². The summed E-state index contributed by atoms with van der Waals surface area (Å²) in [6, 6.07) is 8.42. The number of hydrazine groups is 1. The zero-order chi connectivity index (χ0) is 22.7. The Morgan fingerprint density at radius 2 is 1.71 bits per heavy atom. The van der Waals surface area contributed by atoms with Gasteiger partial charge in [0.1, 0.15) is 23.4 Å². The first-order valence-electron chi connectivity index (χ1n) is 9.00. The van der Waals surface area contributed by atoms with Crippen LogP contribution in [0.2, 0.25) is 0 Å². The minimum atomic E-state index is -1.16. The zero-order valence-corrected chi connectivity index (χ0v) is 17.4. The third-order valence-corrected chi connectivity index (χ3v) is 4.91. The van der Waals surface area contributed by atoms with Crippen LogP contribution in [0.4, 0.5) is 10.1 Å². The summed E-state index contributed by atoms with van der Waals surface area (Å²) < 4.78 is 23.6. The number of carbonyl (C=O) groups is 3. The Morgan fingerprint density at radius 3 is 2.23 bits per heavy atom. The maximum atomic E-state index is 13.3. The summed E-state index contributed by atoms with van der Waals surface area (Å²) in [7, 11) is 2.88. The Hall–Kier alpha value is -3.73. The van der Waals surface area contributed by atoms with E-state index >= 15 is 0 Å². The fraction of sp³-hybridized carbons (Fsp3) is 0.200. The average molecular weight is 446 g/mol. The molecule has 1 heterocycles. The van der Waals surface area contributed by atoms with Gasteiger partial charge in [-0.2, -0.15) is 0 Å². The number of carbonyl (C=O) groups excluding carboxylic acids is 3. The summed E-state index contributed by atoms with van der Waals surface area (Å²) in [6.45, 7) is 0. The second-order valence-corrected chi connectivity index (χ2v) is 6.90. The number of anilines is 1. The Balaban J connectivity index is 1.93. The molecule has 0 bridgehead atoms. The molecule has 1 saturated heterocycles. The fourth-order valence-electron chi connectivity index (χ4n) is 3.03. The molecule has 9 nitrogen and oxygen atoms in total. The lowest BCUT2D eigenvalue weighted by molar-refractivity contribution is -0.125. The molecule has 1 fully saturated rings. The van der Waals surface area contributed by atoms with Crippen molar-refractivity contribution in [3.63, 3.8) is 0 Å². The van der Waals surface area contributed by atoms with Gasteiger partial charge in [0.05, 0.1) is 26.3 Å². The van der Waals surface area contributed by atoms with E-state index in [1.807, 2.05) is 0 Å². The van der Waals surface area contributed by atoms with Crippen molar-refractivity contribution >= 4 is 40.7 Å². The predicted molar refractivity (Wildman–Crippen MR) is 113 cm³/mol. The number of benzene rings is 2. The van der Waals surface area contributed by atoms with Gasteiger partial charge in [-0.05, 0) is 48.6 Å². The molecule has 2 aromatic carbocycles.